The lowest BCUT2D eigenvalue weighted by Crippen LogP contribution is -2.04. The Hall–Kier alpha value is -1.52. The molecule has 0 aromatic heterocycles. The van der Waals surface area contributed by atoms with Crippen molar-refractivity contribution in [2.24, 2.45) is 0 Å². The topological polar surface area (TPSA) is 12.0 Å². The van der Waals surface area contributed by atoms with Crippen molar-refractivity contribution in [1.29, 1.82) is 0 Å². The van der Waals surface area contributed by atoms with E-state index in [1.807, 2.05) is 37.4 Å². The van der Waals surface area contributed by atoms with Crippen molar-refractivity contribution in [2.75, 3.05) is 13.6 Å². The van der Waals surface area contributed by atoms with Crippen LogP contribution in [0.5, 0.6) is 0 Å². The maximum Gasteiger partial charge on any atom is 0.0577 e. The van der Waals surface area contributed by atoms with Crippen LogP contribution in [0.3, 0.4) is 0 Å². The van der Waals surface area contributed by atoms with Crippen LogP contribution in [-0.4, -0.2) is 13.6 Å². The molecular weight excluding hydrogens is 158 g/mol. The minimum absolute atomic E-state index is 0.721. The first-order chi connectivity index (χ1) is 6.36. The largest absolute Gasteiger partial charge is 0.309 e. The second kappa shape index (κ2) is 5.18. The van der Waals surface area contributed by atoms with Gasteiger partial charge in [0.15, 0.2) is 0 Å². The average molecular weight is 171 g/mol. The van der Waals surface area contributed by atoms with Gasteiger partial charge in [0.1, 0.15) is 0 Å². The third-order valence-electron chi connectivity index (χ3n) is 1.62. The van der Waals surface area contributed by atoms with Crippen molar-refractivity contribution in [1.82, 2.24) is 5.32 Å². The lowest BCUT2D eigenvalue weighted by atomic mass is 10.1. The highest BCUT2D eigenvalue weighted by Crippen LogP contribution is 2.04. The molecule has 1 nitrogen and oxygen atoms in total. The molecule has 0 radical (unpaired) electrons. The molecule has 0 unspecified atom stereocenters. The van der Waals surface area contributed by atoms with Gasteiger partial charge in [-0.3, -0.25) is 0 Å². The summed E-state index contributed by atoms with van der Waals surface area (Å²) in [6.45, 7) is 4.43. The predicted octanol–water partition coefficient (Wildman–Crippen LogP) is 1.90. The van der Waals surface area contributed by atoms with Crippen LogP contribution in [0.15, 0.2) is 30.8 Å². The minimum atomic E-state index is 0.721. The summed E-state index contributed by atoms with van der Waals surface area (Å²) in [6.07, 6.45) is 1.82. The first kappa shape index (κ1) is 9.57. The number of rotatable bonds is 2. The van der Waals surface area contributed by atoms with E-state index in [9.17, 15) is 0 Å². The van der Waals surface area contributed by atoms with Crippen molar-refractivity contribution in [2.45, 2.75) is 0 Å². The van der Waals surface area contributed by atoms with Crippen molar-refractivity contribution in [3.63, 3.8) is 0 Å². The zero-order valence-electron chi connectivity index (χ0n) is 7.80. The Kier molecular flexibility index (Phi) is 3.81. The second-order valence-electron chi connectivity index (χ2n) is 2.66. The van der Waals surface area contributed by atoms with Crippen LogP contribution >= 0.6 is 0 Å². The van der Waals surface area contributed by atoms with Gasteiger partial charge in [0.2, 0.25) is 0 Å². The molecule has 0 amide bonds. The summed E-state index contributed by atoms with van der Waals surface area (Å²) in [5, 5.41) is 2.97. The monoisotopic (exact) mass is 171 g/mol. The minimum Gasteiger partial charge on any atom is -0.309 e. The summed E-state index contributed by atoms with van der Waals surface area (Å²) in [7, 11) is 1.88. The lowest BCUT2D eigenvalue weighted by molar-refractivity contribution is 0.938. The SMILES string of the molecule is C=Cc1cccc(C#CCNC)c1. The van der Waals surface area contributed by atoms with Crippen LogP contribution in [0, 0.1) is 11.8 Å². The summed E-state index contributed by atoms with van der Waals surface area (Å²) in [6, 6.07) is 8.02. The Morgan fingerprint density at radius 1 is 1.54 bits per heavy atom. The van der Waals surface area contributed by atoms with E-state index in [4.69, 9.17) is 0 Å². The number of benzene rings is 1. The van der Waals surface area contributed by atoms with E-state index >= 15 is 0 Å². The van der Waals surface area contributed by atoms with E-state index in [0.717, 1.165) is 17.7 Å². The van der Waals surface area contributed by atoms with Gasteiger partial charge in [-0.2, -0.15) is 0 Å². The summed E-state index contributed by atoms with van der Waals surface area (Å²) in [5.74, 6) is 6.07. The molecule has 0 heterocycles. The molecule has 1 N–H and O–H groups in total. The Morgan fingerprint density at radius 2 is 2.38 bits per heavy atom. The summed E-state index contributed by atoms with van der Waals surface area (Å²) in [5.41, 5.74) is 2.14. The molecule has 1 aromatic carbocycles. The Balaban J connectivity index is 2.79. The first-order valence-corrected chi connectivity index (χ1v) is 4.23. The third-order valence-corrected chi connectivity index (χ3v) is 1.62. The highest BCUT2D eigenvalue weighted by Gasteiger charge is 1.87. The molecule has 0 aliphatic carbocycles. The first-order valence-electron chi connectivity index (χ1n) is 4.23. The summed E-state index contributed by atoms with van der Waals surface area (Å²) in [4.78, 5) is 0. The quantitative estimate of drug-likeness (QED) is 0.670. The third kappa shape index (κ3) is 3.14. The molecule has 1 heteroatoms. The molecule has 0 aliphatic heterocycles. The number of hydrogen-bond donors (Lipinski definition) is 1. The lowest BCUT2D eigenvalue weighted by Gasteiger charge is -1.93. The predicted molar refractivity (Wildman–Crippen MR) is 57.3 cm³/mol. The van der Waals surface area contributed by atoms with Gasteiger partial charge in [0, 0.05) is 5.56 Å². The highest BCUT2D eigenvalue weighted by atomic mass is 14.8. The molecule has 0 fully saturated rings. The smallest absolute Gasteiger partial charge is 0.0577 e. The normalized spacial score (nSPS) is 8.69. The van der Waals surface area contributed by atoms with Crippen molar-refractivity contribution < 1.29 is 0 Å². The molecule has 0 bridgehead atoms. The van der Waals surface area contributed by atoms with Crippen molar-refractivity contribution in [3.05, 3.63) is 42.0 Å². The maximum atomic E-state index is 3.71. The molecule has 0 saturated heterocycles. The van der Waals surface area contributed by atoms with Crippen molar-refractivity contribution >= 4 is 6.08 Å². The van der Waals surface area contributed by atoms with Gasteiger partial charge in [-0.15, -0.1) is 0 Å². The zero-order valence-corrected chi connectivity index (χ0v) is 7.80. The molecular formula is C12H13N. The van der Waals surface area contributed by atoms with E-state index in [1.54, 1.807) is 0 Å². The van der Waals surface area contributed by atoms with Crippen LogP contribution in [0.25, 0.3) is 6.08 Å². The summed E-state index contributed by atoms with van der Waals surface area (Å²) < 4.78 is 0. The van der Waals surface area contributed by atoms with Crippen LogP contribution in [0.4, 0.5) is 0 Å². The Bertz CT molecular complexity index is 342. The number of hydrogen-bond acceptors (Lipinski definition) is 1. The average Bonchev–Trinajstić information content (AvgIpc) is 2.19. The zero-order chi connectivity index (χ0) is 9.52. The Morgan fingerprint density at radius 3 is 3.08 bits per heavy atom. The molecule has 1 aromatic rings. The molecule has 0 saturated carbocycles. The van der Waals surface area contributed by atoms with Crippen LogP contribution in [0.2, 0.25) is 0 Å². The fourth-order valence-corrected chi connectivity index (χ4v) is 0.978. The number of nitrogens with one attached hydrogen (secondary N) is 1. The maximum absolute atomic E-state index is 3.71. The molecule has 0 spiro atoms. The van der Waals surface area contributed by atoms with Crippen LogP contribution in [0.1, 0.15) is 11.1 Å². The van der Waals surface area contributed by atoms with Crippen molar-refractivity contribution in [3.8, 4) is 11.8 Å². The van der Waals surface area contributed by atoms with Gasteiger partial charge in [-0.25, -0.2) is 0 Å². The molecule has 0 aliphatic rings. The van der Waals surface area contributed by atoms with Crippen LogP contribution < -0.4 is 5.32 Å². The molecule has 13 heavy (non-hydrogen) atoms. The van der Waals surface area contributed by atoms with E-state index in [-0.39, 0.29) is 0 Å². The van der Waals surface area contributed by atoms with E-state index in [1.165, 1.54) is 0 Å². The molecule has 1 rings (SSSR count). The van der Waals surface area contributed by atoms with Gasteiger partial charge in [0.05, 0.1) is 6.54 Å². The highest BCUT2D eigenvalue weighted by molar-refractivity contribution is 5.51. The van der Waals surface area contributed by atoms with Gasteiger partial charge < -0.3 is 5.32 Å². The standard InChI is InChI=1S/C12H13N/c1-3-11-6-4-7-12(10-11)8-5-9-13-2/h3-4,6-7,10,13H,1,9H2,2H3. The molecule has 66 valence electrons. The van der Waals surface area contributed by atoms with Gasteiger partial charge in [0.25, 0.3) is 0 Å². The molecule has 0 atom stereocenters. The van der Waals surface area contributed by atoms with E-state index in [2.05, 4.69) is 23.7 Å². The fraction of sp³-hybridized carbons (Fsp3) is 0.167. The van der Waals surface area contributed by atoms with Crippen LogP contribution in [-0.2, 0) is 0 Å². The second-order valence-corrected chi connectivity index (χ2v) is 2.66. The fourth-order valence-electron chi connectivity index (χ4n) is 0.978. The van der Waals surface area contributed by atoms with Gasteiger partial charge in [-0.1, -0.05) is 36.6 Å². The van der Waals surface area contributed by atoms with Gasteiger partial charge >= 0.3 is 0 Å². The van der Waals surface area contributed by atoms with E-state index in [0.29, 0.717) is 0 Å². The van der Waals surface area contributed by atoms with Gasteiger partial charge in [-0.05, 0) is 24.7 Å². The Labute approximate surface area is 79.5 Å². The van der Waals surface area contributed by atoms with E-state index < -0.39 is 0 Å². The summed E-state index contributed by atoms with van der Waals surface area (Å²) >= 11 is 0.